The van der Waals surface area contributed by atoms with Gasteiger partial charge in [-0.25, -0.2) is 9.97 Å². The highest BCUT2D eigenvalue weighted by molar-refractivity contribution is 5.97. The van der Waals surface area contributed by atoms with Crippen LogP contribution in [0.2, 0.25) is 0 Å². The minimum Gasteiger partial charge on any atom is -0.475 e. The van der Waals surface area contributed by atoms with E-state index in [9.17, 15) is 4.79 Å². The quantitative estimate of drug-likeness (QED) is 0.470. The van der Waals surface area contributed by atoms with Crippen molar-refractivity contribution in [1.82, 2.24) is 24.7 Å². The van der Waals surface area contributed by atoms with Crippen LogP contribution in [0.15, 0.2) is 55.1 Å². The van der Waals surface area contributed by atoms with Gasteiger partial charge in [-0.05, 0) is 38.1 Å². The number of ketones is 1. The highest BCUT2D eigenvalue weighted by Gasteiger charge is 2.12. The molecule has 4 rings (SSSR count). The largest absolute Gasteiger partial charge is 0.475 e. The summed E-state index contributed by atoms with van der Waals surface area (Å²) in [5.74, 6) is 0.383. The van der Waals surface area contributed by atoms with Gasteiger partial charge in [-0.15, -0.1) is 0 Å². The van der Waals surface area contributed by atoms with Gasteiger partial charge in [-0.1, -0.05) is 6.07 Å². The highest BCUT2D eigenvalue weighted by Crippen LogP contribution is 2.23. The first-order chi connectivity index (χ1) is 14.0. The highest BCUT2D eigenvalue weighted by atomic mass is 16.5. The van der Waals surface area contributed by atoms with Gasteiger partial charge in [0.05, 0.1) is 42.0 Å². The fraction of sp³-hybridized carbons (Fsp3) is 0.227. The smallest absolute Gasteiger partial charge is 0.214 e. The number of aromatic nitrogens is 5. The summed E-state index contributed by atoms with van der Waals surface area (Å²) in [6.45, 7) is 3.83. The molecular weight excluding hydrogens is 366 g/mol. The Labute approximate surface area is 168 Å². The van der Waals surface area contributed by atoms with Gasteiger partial charge in [0, 0.05) is 35.8 Å². The normalized spacial score (nSPS) is 11.2. The third-order valence-electron chi connectivity index (χ3n) is 4.50. The zero-order valence-electron chi connectivity index (χ0n) is 16.5. The zero-order valence-corrected chi connectivity index (χ0v) is 16.5. The Morgan fingerprint density at radius 1 is 1.14 bits per heavy atom. The molecule has 0 saturated heterocycles. The summed E-state index contributed by atoms with van der Waals surface area (Å²) in [6, 6.07) is 11.2. The number of benzene rings is 1. The zero-order chi connectivity index (χ0) is 20.4. The molecule has 0 bridgehead atoms. The van der Waals surface area contributed by atoms with Crippen LogP contribution < -0.4 is 4.74 Å². The number of carbonyl (C=O) groups excluding carboxylic acids is 1. The van der Waals surface area contributed by atoms with E-state index in [1.54, 1.807) is 24.7 Å². The van der Waals surface area contributed by atoms with Crippen molar-refractivity contribution >= 4 is 16.7 Å². The van der Waals surface area contributed by atoms with Crippen molar-refractivity contribution in [3.05, 3.63) is 66.4 Å². The molecule has 146 valence electrons. The molecule has 0 fully saturated rings. The Bertz CT molecular complexity index is 1180. The molecule has 3 aromatic heterocycles. The molecule has 0 atom stereocenters. The van der Waals surface area contributed by atoms with Crippen LogP contribution in [-0.4, -0.2) is 36.6 Å². The summed E-state index contributed by atoms with van der Waals surface area (Å²) in [4.78, 5) is 21.0. The predicted octanol–water partition coefficient (Wildman–Crippen LogP) is 3.64. The summed E-state index contributed by atoms with van der Waals surface area (Å²) in [5, 5.41) is 9.42. The van der Waals surface area contributed by atoms with Crippen LogP contribution in [0.1, 0.15) is 29.9 Å². The molecule has 0 radical (unpaired) electrons. The Kier molecular flexibility index (Phi) is 5.03. The number of Topliss-reactive ketones (excluding diaryl/α,β-unsaturated/α-hetero) is 1. The lowest BCUT2D eigenvalue weighted by atomic mass is 10.1. The van der Waals surface area contributed by atoms with Crippen molar-refractivity contribution < 1.29 is 9.53 Å². The lowest BCUT2D eigenvalue weighted by Gasteiger charge is -2.09. The molecule has 4 aromatic rings. The van der Waals surface area contributed by atoms with E-state index in [1.165, 1.54) is 0 Å². The number of aryl methyl sites for hydroxylation is 1. The van der Waals surface area contributed by atoms with E-state index in [1.807, 2.05) is 55.9 Å². The molecule has 0 aliphatic rings. The summed E-state index contributed by atoms with van der Waals surface area (Å²) >= 11 is 0. The maximum atomic E-state index is 12.7. The van der Waals surface area contributed by atoms with Gasteiger partial charge in [0.25, 0.3) is 0 Å². The monoisotopic (exact) mass is 387 g/mol. The van der Waals surface area contributed by atoms with Crippen LogP contribution in [0, 0.1) is 0 Å². The molecule has 29 heavy (non-hydrogen) atoms. The Hall–Kier alpha value is -3.61. The maximum absolute atomic E-state index is 12.7. The first kappa shape index (κ1) is 18.7. The van der Waals surface area contributed by atoms with Gasteiger partial charge in [0.2, 0.25) is 5.88 Å². The van der Waals surface area contributed by atoms with E-state index in [-0.39, 0.29) is 18.3 Å². The van der Waals surface area contributed by atoms with Crippen molar-refractivity contribution in [3.8, 4) is 17.1 Å². The van der Waals surface area contributed by atoms with Gasteiger partial charge in [-0.3, -0.25) is 4.79 Å². The number of nitrogens with zero attached hydrogens (tertiary/aromatic N) is 5. The number of carbonyl (C=O) groups is 1. The van der Waals surface area contributed by atoms with Crippen LogP contribution in [0.5, 0.6) is 5.88 Å². The van der Waals surface area contributed by atoms with Crippen LogP contribution in [-0.2, 0) is 13.5 Å². The fourth-order valence-electron chi connectivity index (χ4n) is 3.12. The molecule has 0 aliphatic carbocycles. The van der Waals surface area contributed by atoms with Crippen molar-refractivity contribution in [3.63, 3.8) is 0 Å². The number of ether oxygens (including phenoxy) is 1. The third kappa shape index (κ3) is 4.13. The summed E-state index contributed by atoms with van der Waals surface area (Å²) < 4.78 is 7.53. The van der Waals surface area contributed by atoms with E-state index in [0.717, 1.165) is 22.2 Å². The van der Waals surface area contributed by atoms with E-state index in [4.69, 9.17) is 4.74 Å². The third-order valence-corrected chi connectivity index (χ3v) is 4.50. The average Bonchev–Trinajstić information content (AvgIpc) is 3.13. The number of rotatable bonds is 6. The molecule has 0 unspecified atom stereocenters. The molecule has 0 saturated carbocycles. The van der Waals surface area contributed by atoms with Gasteiger partial charge in [0.15, 0.2) is 5.78 Å². The second-order valence-electron chi connectivity index (χ2n) is 7.15. The van der Waals surface area contributed by atoms with Gasteiger partial charge in [-0.2, -0.15) is 10.2 Å². The van der Waals surface area contributed by atoms with Crippen molar-refractivity contribution in [2.24, 2.45) is 7.05 Å². The van der Waals surface area contributed by atoms with Crippen molar-refractivity contribution in [2.45, 2.75) is 26.4 Å². The van der Waals surface area contributed by atoms with Gasteiger partial charge >= 0.3 is 0 Å². The Balaban J connectivity index is 1.59. The molecule has 0 aliphatic heterocycles. The SMILES string of the molecule is CC(C)Oc1cc(C(=O)Cc2cc3cc(-c4cncn4C)ccc3nn2)ccn1. The number of imidazole rings is 1. The molecule has 1 aromatic carbocycles. The minimum absolute atomic E-state index is 0.00664. The second-order valence-corrected chi connectivity index (χ2v) is 7.15. The summed E-state index contributed by atoms with van der Waals surface area (Å²) in [6.07, 6.45) is 5.31. The maximum Gasteiger partial charge on any atom is 0.214 e. The molecule has 0 amide bonds. The predicted molar refractivity (Wildman–Crippen MR) is 110 cm³/mol. The van der Waals surface area contributed by atoms with Crippen molar-refractivity contribution in [1.29, 1.82) is 0 Å². The summed E-state index contributed by atoms with van der Waals surface area (Å²) in [5.41, 5.74) is 3.99. The number of hydrogen-bond acceptors (Lipinski definition) is 6. The molecular formula is C22H21N5O2. The van der Waals surface area contributed by atoms with Crippen LogP contribution >= 0.6 is 0 Å². The van der Waals surface area contributed by atoms with E-state index in [0.29, 0.717) is 17.1 Å². The fourth-order valence-corrected chi connectivity index (χ4v) is 3.12. The molecule has 0 spiro atoms. The lowest BCUT2D eigenvalue weighted by Crippen LogP contribution is -2.09. The standard InChI is InChI=1S/C22H21N5O2/c1-14(2)29-22-10-16(6-7-24-22)21(28)11-18-9-17-8-15(4-5-19(17)26-25-18)20-12-23-13-27(20)3/h4-10,12-14H,11H2,1-3H3. The van der Waals surface area contributed by atoms with Gasteiger partial charge in [0.1, 0.15) is 0 Å². The molecule has 3 heterocycles. The van der Waals surface area contributed by atoms with Crippen LogP contribution in [0.3, 0.4) is 0 Å². The molecule has 7 heteroatoms. The van der Waals surface area contributed by atoms with Crippen LogP contribution in [0.4, 0.5) is 0 Å². The number of fused-ring (bicyclic) bond motifs is 1. The Morgan fingerprint density at radius 3 is 2.76 bits per heavy atom. The average molecular weight is 387 g/mol. The number of pyridine rings is 1. The number of hydrogen-bond donors (Lipinski definition) is 0. The van der Waals surface area contributed by atoms with E-state index >= 15 is 0 Å². The van der Waals surface area contributed by atoms with Crippen LogP contribution in [0.25, 0.3) is 22.2 Å². The first-order valence-electron chi connectivity index (χ1n) is 9.38. The van der Waals surface area contributed by atoms with Crippen molar-refractivity contribution in [2.75, 3.05) is 0 Å². The second kappa shape index (κ2) is 7.79. The molecule has 0 N–H and O–H groups in total. The lowest BCUT2D eigenvalue weighted by molar-refractivity contribution is 0.0990. The van der Waals surface area contributed by atoms with E-state index < -0.39 is 0 Å². The molecule has 7 nitrogen and oxygen atoms in total. The minimum atomic E-state index is -0.0579. The topological polar surface area (TPSA) is 82.8 Å². The van der Waals surface area contributed by atoms with E-state index in [2.05, 4.69) is 20.2 Å². The Morgan fingerprint density at radius 2 is 2.00 bits per heavy atom. The summed E-state index contributed by atoms with van der Waals surface area (Å²) in [7, 11) is 1.95. The first-order valence-corrected chi connectivity index (χ1v) is 9.38. The van der Waals surface area contributed by atoms with Gasteiger partial charge < -0.3 is 9.30 Å².